The third kappa shape index (κ3) is 2.34. The van der Waals surface area contributed by atoms with E-state index < -0.39 is 0 Å². The Hall–Kier alpha value is -0.960. The van der Waals surface area contributed by atoms with Crippen molar-refractivity contribution in [1.82, 2.24) is 5.32 Å². The van der Waals surface area contributed by atoms with E-state index in [9.17, 15) is 8.78 Å². The molecule has 0 amide bonds. The number of halogens is 2. The van der Waals surface area contributed by atoms with E-state index in [-0.39, 0.29) is 17.7 Å². The van der Waals surface area contributed by atoms with E-state index in [2.05, 4.69) is 12.2 Å². The van der Waals surface area contributed by atoms with E-state index >= 15 is 0 Å². The van der Waals surface area contributed by atoms with Crippen LogP contribution in [0.4, 0.5) is 8.78 Å². The smallest absolute Gasteiger partial charge is 0.128 e. The van der Waals surface area contributed by atoms with Crippen LogP contribution in [0.15, 0.2) is 18.2 Å². The maximum absolute atomic E-state index is 13.4. The summed E-state index contributed by atoms with van der Waals surface area (Å²) in [7, 11) is 0. The fourth-order valence-corrected chi connectivity index (χ4v) is 1.81. The average Bonchev–Trinajstić information content (AvgIpc) is 2.86. The molecule has 3 unspecified atom stereocenters. The van der Waals surface area contributed by atoms with Gasteiger partial charge in [-0.2, -0.15) is 0 Å². The van der Waals surface area contributed by atoms with Gasteiger partial charge >= 0.3 is 0 Å². The monoisotopic (exact) mass is 211 g/mol. The Morgan fingerprint density at radius 3 is 2.67 bits per heavy atom. The van der Waals surface area contributed by atoms with Crippen LogP contribution in [0.5, 0.6) is 0 Å². The van der Waals surface area contributed by atoms with Gasteiger partial charge in [0, 0.05) is 17.6 Å². The molecule has 1 fully saturated rings. The summed E-state index contributed by atoms with van der Waals surface area (Å²) in [4.78, 5) is 0. The summed E-state index contributed by atoms with van der Waals surface area (Å²) >= 11 is 0. The number of hydrogen-bond acceptors (Lipinski definition) is 1. The van der Waals surface area contributed by atoms with Crippen molar-refractivity contribution in [1.29, 1.82) is 0 Å². The Labute approximate surface area is 88.5 Å². The Morgan fingerprint density at radius 1 is 1.40 bits per heavy atom. The summed E-state index contributed by atoms with van der Waals surface area (Å²) in [5.74, 6) is -0.0716. The van der Waals surface area contributed by atoms with E-state index in [1.165, 1.54) is 12.1 Å². The van der Waals surface area contributed by atoms with Crippen LogP contribution in [0.1, 0.15) is 31.9 Å². The zero-order valence-corrected chi connectivity index (χ0v) is 8.93. The lowest BCUT2D eigenvalue weighted by atomic mass is 10.1. The second kappa shape index (κ2) is 3.89. The number of benzene rings is 1. The van der Waals surface area contributed by atoms with Crippen LogP contribution in [0, 0.1) is 17.6 Å². The van der Waals surface area contributed by atoms with Crippen molar-refractivity contribution in [2.45, 2.75) is 32.4 Å². The molecule has 15 heavy (non-hydrogen) atoms. The highest BCUT2D eigenvalue weighted by atomic mass is 19.1. The van der Waals surface area contributed by atoms with Crippen LogP contribution in [0.3, 0.4) is 0 Å². The molecule has 0 aromatic heterocycles. The van der Waals surface area contributed by atoms with Crippen molar-refractivity contribution >= 4 is 0 Å². The SMILES string of the molecule is CC(NC1CC1C)c1cc(F)ccc1F. The van der Waals surface area contributed by atoms with Crippen molar-refractivity contribution in [3.8, 4) is 0 Å². The van der Waals surface area contributed by atoms with Gasteiger partial charge in [-0.3, -0.25) is 0 Å². The van der Waals surface area contributed by atoms with E-state index in [0.717, 1.165) is 12.5 Å². The number of rotatable bonds is 3. The highest BCUT2D eigenvalue weighted by Crippen LogP contribution is 2.32. The molecule has 1 nitrogen and oxygen atoms in total. The van der Waals surface area contributed by atoms with Gasteiger partial charge in [0.25, 0.3) is 0 Å². The quantitative estimate of drug-likeness (QED) is 0.810. The van der Waals surface area contributed by atoms with Crippen LogP contribution in [0.25, 0.3) is 0 Å². The Morgan fingerprint density at radius 2 is 2.07 bits per heavy atom. The van der Waals surface area contributed by atoms with Gasteiger partial charge in [0.05, 0.1) is 0 Å². The highest BCUT2D eigenvalue weighted by Gasteiger charge is 2.33. The van der Waals surface area contributed by atoms with Gasteiger partial charge < -0.3 is 5.32 Å². The number of hydrogen-bond donors (Lipinski definition) is 1. The van der Waals surface area contributed by atoms with Crippen molar-refractivity contribution in [2.24, 2.45) is 5.92 Å². The van der Waals surface area contributed by atoms with E-state index in [4.69, 9.17) is 0 Å². The fourth-order valence-electron chi connectivity index (χ4n) is 1.81. The maximum Gasteiger partial charge on any atom is 0.128 e. The second-order valence-electron chi connectivity index (χ2n) is 4.37. The number of nitrogens with one attached hydrogen (secondary N) is 1. The van der Waals surface area contributed by atoms with Gasteiger partial charge in [-0.05, 0) is 37.5 Å². The summed E-state index contributed by atoms with van der Waals surface area (Å²) in [6.07, 6.45) is 1.13. The lowest BCUT2D eigenvalue weighted by Crippen LogP contribution is -2.23. The summed E-state index contributed by atoms with van der Waals surface area (Å²) < 4.78 is 26.3. The average molecular weight is 211 g/mol. The molecule has 3 atom stereocenters. The van der Waals surface area contributed by atoms with Crippen LogP contribution < -0.4 is 5.32 Å². The molecule has 2 rings (SSSR count). The summed E-state index contributed by atoms with van der Waals surface area (Å²) in [5.41, 5.74) is 0.411. The summed E-state index contributed by atoms with van der Waals surface area (Å²) in [6.45, 7) is 4.01. The minimum atomic E-state index is -0.385. The van der Waals surface area contributed by atoms with Crippen LogP contribution >= 0.6 is 0 Å². The van der Waals surface area contributed by atoms with Crippen molar-refractivity contribution < 1.29 is 8.78 Å². The van der Waals surface area contributed by atoms with Crippen molar-refractivity contribution in [3.05, 3.63) is 35.4 Å². The molecule has 0 heterocycles. The standard InChI is InChI=1S/C12H15F2N/c1-7-5-12(7)15-8(2)10-6-9(13)3-4-11(10)14/h3-4,6-8,12,15H,5H2,1-2H3. The van der Waals surface area contributed by atoms with Gasteiger partial charge in [0.2, 0.25) is 0 Å². The van der Waals surface area contributed by atoms with Gasteiger partial charge in [-0.1, -0.05) is 6.92 Å². The van der Waals surface area contributed by atoms with Crippen molar-refractivity contribution in [2.75, 3.05) is 0 Å². The zero-order chi connectivity index (χ0) is 11.0. The van der Waals surface area contributed by atoms with E-state index in [0.29, 0.717) is 17.5 Å². The van der Waals surface area contributed by atoms with Gasteiger partial charge in [-0.15, -0.1) is 0 Å². The molecule has 1 saturated carbocycles. The molecule has 0 saturated heterocycles. The first kappa shape index (κ1) is 10.6. The normalized spacial score (nSPS) is 26.4. The van der Waals surface area contributed by atoms with E-state index in [1.54, 1.807) is 0 Å². The predicted molar refractivity (Wildman–Crippen MR) is 55.5 cm³/mol. The molecule has 0 bridgehead atoms. The molecular weight excluding hydrogens is 196 g/mol. The summed E-state index contributed by atoms with van der Waals surface area (Å²) in [6, 6.07) is 3.92. The first-order valence-electron chi connectivity index (χ1n) is 5.29. The predicted octanol–water partition coefficient (Wildman–Crippen LogP) is 3.02. The van der Waals surface area contributed by atoms with Crippen LogP contribution in [-0.2, 0) is 0 Å². The minimum absolute atomic E-state index is 0.129. The van der Waals surface area contributed by atoms with Gasteiger partial charge in [0.15, 0.2) is 0 Å². The largest absolute Gasteiger partial charge is 0.307 e. The molecule has 1 aliphatic carbocycles. The molecular formula is C12H15F2N. The molecule has 1 aromatic rings. The summed E-state index contributed by atoms with van der Waals surface area (Å²) in [5, 5.41) is 3.28. The molecule has 0 aliphatic heterocycles. The van der Waals surface area contributed by atoms with Crippen LogP contribution in [-0.4, -0.2) is 6.04 Å². The molecule has 0 radical (unpaired) electrons. The molecule has 0 spiro atoms. The van der Waals surface area contributed by atoms with Crippen LogP contribution in [0.2, 0.25) is 0 Å². The van der Waals surface area contributed by atoms with Crippen molar-refractivity contribution in [3.63, 3.8) is 0 Å². The maximum atomic E-state index is 13.4. The highest BCUT2D eigenvalue weighted by molar-refractivity contribution is 5.22. The molecule has 1 aliphatic rings. The molecule has 1 N–H and O–H groups in total. The lowest BCUT2D eigenvalue weighted by molar-refractivity contribution is 0.507. The minimum Gasteiger partial charge on any atom is -0.307 e. The Bertz CT molecular complexity index is 365. The first-order valence-corrected chi connectivity index (χ1v) is 5.29. The Balaban J connectivity index is 2.10. The third-order valence-corrected chi connectivity index (χ3v) is 3.00. The lowest BCUT2D eigenvalue weighted by Gasteiger charge is -2.14. The van der Waals surface area contributed by atoms with E-state index in [1.807, 2.05) is 6.92 Å². The van der Waals surface area contributed by atoms with Gasteiger partial charge in [0.1, 0.15) is 11.6 Å². The molecule has 1 aromatic carbocycles. The topological polar surface area (TPSA) is 12.0 Å². The third-order valence-electron chi connectivity index (χ3n) is 3.00. The first-order chi connectivity index (χ1) is 7.08. The molecule has 3 heteroatoms. The zero-order valence-electron chi connectivity index (χ0n) is 8.93. The second-order valence-corrected chi connectivity index (χ2v) is 4.37. The fraction of sp³-hybridized carbons (Fsp3) is 0.500. The Kier molecular flexibility index (Phi) is 2.74. The molecule has 82 valence electrons. The van der Waals surface area contributed by atoms with Gasteiger partial charge in [-0.25, -0.2) is 8.78 Å².